The average molecular weight is 275 g/mol. The minimum Gasteiger partial charge on any atom is -0.350 e. The van der Waals surface area contributed by atoms with Crippen LogP contribution in [0.2, 0.25) is 0 Å². The number of rotatable bonds is 5. The lowest BCUT2D eigenvalue weighted by molar-refractivity contribution is -0.118. The number of imidazole rings is 1. The summed E-state index contributed by atoms with van der Waals surface area (Å²) in [4.78, 5) is 19.8. The van der Waals surface area contributed by atoms with Gasteiger partial charge in [-0.3, -0.25) is 4.79 Å². The maximum absolute atomic E-state index is 11.7. The van der Waals surface area contributed by atoms with Crippen LogP contribution < -0.4 is 5.32 Å². The minimum atomic E-state index is 0.0282. The molecule has 0 saturated heterocycles. The smallest absolute Gasteiger partial charge is 0.230 e. The number of thioether (sulfide) groups is 1. The molecule has 0 bridgehead atoms. The van der Waals surface area contributed by atoms with Gasteiger partial charge in [-0.05, 0) is 25.5 Å². The third-order valence-electron chi connectivity index (χ3n) is 2.73. The monoisotopic (exact) mass is 275 g/mol. The third-order valence-corrected chi connectivity index (χ3v) is 3.89. The molecule has 1 amide bonds. The molecule has 0 saturated carbocycles. The van der Waals surface area contributed by atoms with Gasteiger partial charge in [0.05, 0.1) is 24.3 Å². The molecular weight excluding hydrogens is 258 g/mol. The highest BCUT2D eigenvalue weighted by Gasteiger charge is 2.05. The molecule has 2 N–H and O–H groups in total. The Labute approximate surface area is 117 Å². The number of benzene rings is 1. The summed E-state index contributed by atoms with van der Waals surface area (Å²) in [6, 6.07) is 6.28. The summed E-state index contributed by atoms with van der Waals surface area (Å²) in [6.07, 6.45) is 3.31. The zero-order chi connectivity index (χ0) is 13.7. The molecule has 2 rings (SSSR count). The summed E-state index contributed by atoms with van der Waals surface area (Å²) in [5.74, 6) is 0.457. The van der Waals surface area contributed by atoms with Crippen molar-refractivity contribution >= 4 is 17.7 Å². The summed E-state index contributed by atoms with van der Waals surface area (Å²) in [5, 5.41) is 2.86. The molecule has 0 radical (unpaired) electrons. The Hall–Kier alpha value is -1.75. The molecule has 0 unspecified atom stereocenters. The highest BCUT2D eigenvalue weighted by atomic mass is 32.2. The summed E-state index contributed by atoms with van der Waals surface area (Å²) in [7, 11) is 0. The first-order valence-electron chi connectivity index (χ1n) is 6.09. The van der Waals surface area contributed by atoms with Crippen LogP contribution >= 0.6 is 11.8 Å². The van der Waals surface area contributed by atoms with E-state index < -0.39 is 0 Å². The van der Waals surface area contributed by atoms with E-state index in [4.69, 9.17) is 0 Å². The van der Waals surface area contributed by atoms with Crippen molar-refractivity contribution in [2.45, 2.75) is 25.3 Å². The van der Waals surface area contributed by atoms with Crippen LogP contribution in [-0.4, -0.2) is 21.6 Å². The minimum absolute atomic E-state index is 0.0282. The number of hydrogen-bond donors (Lipinski definition) is 2. The number of aromatic nitrogens is 2. The van der Waals surface area contributed by atoms with Crippen LogP contribution in [0.15, 0.2) is 35.6 Å². The first-order chi connectivity index (χ1) is 9.15. The van der Waals surface area contributed by atoms with E-state index >= 15 is 0 Å². The Balaban J connectivity index is 1.81. The molecule has 0 spiro atoms. The molecule has 1 aromatic heterocycles. The van der Waals surface area contributed by atoms with Crippen molar-refractivity contribution in [3.8, 4) is 0 Å². The number of nitrogens with one attached hydrogen (secondary N) is 2. The van der Waals surface area contributed by atoms with E-state index in [9.17, 15) is 4.79 Å². The summed E-state index contributed by atoms with van der Waals surface area (Å²) in [5.41, 5.74) is 3.33. The lowest BCUT2D eigenvalue weighted by Crippen LogP contribution is -2.24. The summed E-state index contributed by atoms with van der Waals surface area (Å²) in [6.45, 7) is 4.61. The quantitative estimate of drug-likeness (QED) is 0.824. The van der Waals surface area contributed by atoms with Crippen molar-refractivity contribution in [2.75, 3.05) is 5.75 Å². The Bertz CT molecular complexity index is 552. The van der Waals surface area contributed by atoms with Crippen molar-refractivity contribution < 1.29 is 4.79 Å². The van der Waals surface area contributed by atoms with E-state index in [1.54, 1.807) is 24.3 Å². The molecule has 2 aromatic rings. The van der Waals surface area contributed by atoms with E-state index in [0.29, 0.717) is 12.3 Å². The molecule has 4 nitrogen and oxygen atoms in total. The first kappa shape index (κ1) is 13.7. The third kappa shape index (κ3) is 4.13. The first-order valence-corrected chi connectivity index (χ1v) is 7.07. The lowest BCUT2D eigenvalue weighted by atomic mass is 10.2. The highest BCUT2D eigenvalue weighted by Crippen LogP contribution is 2.23. The fraction of sp³-hybridized carbons (Fsp3) is 0.286. The van der Waals surface area contributed by atoms with Crippen molar-refractivity contribution in [2.24, 2.45) is 0 Å². The summed E-state index contributed by atoms with van der Waals surface area (Å²) >= 11 is 1.57. The fourth-order valence-electron chi connectivity index (χ4n) is 1.63. The number of nitrogens with zero attached hydrogens (tertiary/aromatic N) is 1. The molecule has 5 heteroatoms. The fourth-order valence-corrected chi connectivity index (χ4v) is 2.59. The Kier molecular flexibility index (Phi) is 4.63. The number of carbonyl (C=O) groups is 1. The van der Waals surface area contributed by atoms with E-state index in [-0.39, 0.29) is 5.91 Å². The molecule has 0 atom stereocenters. The van der Waals surface area contributed by atoms with Crippen LogP contribution in [0, 0.1) is 13.8 Å². The molecule has 1 heterocycles. The van der Waals surface area contributed by atoms with Gasteiger partial charge in [-0.15, -0.1) is 11.8 Å². The molecular formula is C14H17N3OS. The maximum atomic E-state index is 11.7. The van der Waals surface area contributed by atoms with Gasteiger partial charge in [0.25, 0.3) is 0 Å². The van der Waals surface area contributed by atoms with Crippen LogP contribution in [0.1, 0.15) is 16.8 Å². The van der Waals surface area contributed by atoms with Crippen LogP contribution in [-0.2, 0) is 11.3 Å². The maximum Gasteiger partial charge on any atom is 0.230 e. The van der Waals surface area contributed by atoms with Crippen LogP contribution in [0.25, 0.3) is 0 Å². The van der Waals surface area contributed by atoms with Crippen LogP contribution in [0.5, 0.6) is 0 Å². The SMILES string of the molecule is Cc1ccc(C)c(SCC(=O)NCc2cnc[nH]2)c1. The van der Waals surface area contributed by atoms with E-state index in [1.165, 1.54) is 11.1 Å². The lowest BCUT2D eigenvalue weighted by Gasteiger charge is -2.07. The van der Waals surface area contributed by atoms with Crippen LogP contribution in [0.4, 0.5) is 0 Å². The van der Waals surface area contributed by atoms with Gasteiger partial charge in [-0.1, -0.05) is 17.7 Å². The van der Waals surface area contributed by atoms with Crippen molar-refractivity contribution in [1.82, 2.24) is 15.3 Å². The number of aryl methyl sites for hydroxylation is 2. The van der Waals surface area contributed by atoms with Crippen molar-refractivity contribution in [3.05, 3.63) is 47.5 Å². The summed E-state index contributed by atoms with van der Waals surface area (Å²) < 4.78 is 0. The van der Waals surface area contributed by atoms with E-state index in [2.05, 4.69) is 47.3 Å². The van der Waals surface area contributed by atoms with Gasteiger partial charge in [0, 0.05) is 11.1 Å². The number of carbonyl (C=O) groups excluding carboxylic acids is 1. The zero-order valence-electron chi connectivity index (χ0n) is 11.1. The normalized spacial score (nSPS) is 10.4. The zero-order valence-corrected chi connectivity index (χ0v) is 11.9. The molecule has 0 aliphatic heterocycles. The standard InChI is InChI=1S/C14H17N3OS/c1-10-3-4-11(2)13(5-10)19-8-14(18)16-7-12-6-15-9-17-12/h3-6,9H,7-8H2,1-2H3,(H,15,17)(H,16,18). The molecule has 0 aliphatic rings. The Morgan fingerprint density at radius 2 is 2.26 bits per heavy atom. The Morgan fingerprint density at radius 3 is 3.00 bits per heavy atom. The second-order valence-corrected chi connectivity index (χ2v) is 5.43. The number of amides is 1. The van der Waals surface area contributed by atoms with Crippen LogP contribution in [0.3, 0.4) is 0 Å². The molecule has 100 valence electrons. The van der Waals surface area contributed by atoms with E-state index in [0.717, 1.165) is 10.6 Å². The number of aromatic amines is 1. The second-order valence-electron chi connectivity index (χ2n) is 4.41. The van der Waals surface area contributed by atoms with Crippen molar-refractivity contribution in [3.63, 3.8) is 0 Å². The van der Waals surface area contributed by atoms with Gasteiger partial charge >= 0.3 is 0 Å². The highest BCUT2D eigenvalue weighted by molar-refractivity contribution is 8.00. The predicted molar refractivity (Wildman–Crippen MR) is 77.1 cm³/mol. The Morgan fingerprint density at radius 1 is 1.42 bits per heavy atom. The molecule has 19 heavy (non-hydrogen) atoms. The van der Waals surface area contributed by atoms with Gasteiger partial charge in [-0.25, -0.2) is 4.98 Å². The van der Waals surface area contributed by atoms with Gasteiger partial charge in [0.2, 0.25) is 5.91 Å². The van der Waals surface area contributed by atoms with Gasteiger partial charge in [0.1, 0.15) is 0 Å². The molecule has 0 aliphatic carbocycles. The largest absolute Gasteiger partial charge is 0.350 e. The van der Waals surface area contributed by atoms with Crippen molar-refractivity contribution in [1.29, 1.82) is 0 Å². The van der Waals surface area contributed by atoms with Gasteiger partial charge < -0.3 is 10.3 Å². The van der Waals surface area contributed by atoms with Gasteiger partial charge in [-0.2, -0.15) is 0 Å². The number of hydrogen-bond acceptors (Lipinski definition) is 3. The number of H-pyrrole nitrogens is 1. The van der Waals surface area contributed by atoms with E-state index in [1.807, 2.05) is 0 Å². The molecule has 0 fully saturated rings. The topological polar surface area (TPSA) is 57.8 Å². The second kappa shape index (κ2) is 6.43. The average Bonchev–Trinajstić information content (AvgIpc) is 2.90. The van der Waals surface area contributed by atoms with Gasteiger partial charge in [0.15, 0.2) is 0 Å². The predicted octanol–water partition coefficient (Wildman–Crippen LogP) is 2.44. The molecule has 1 aromatic carbocycles.